The highest BCUT2D eigenvalue weighted by atomic mass is 32.2. The van der Waals surface area contributed by atoms with Crippen LogP contribution in [0.15, 0.2) is 29.2 Å². The van der Waals surface area contributed by atoms with Crippen molar-refractivity contribution in [1.29, 1.82) is 0 Å². The zero-order valence-corrected chi connectivity index (χ0v) is 12.7. The molecule has 0 atom stereocenters. The van der Waals surface area contributed by atoms with Gasteiger partial charge in [-0.2, -0.15) is 0 Å². The molecule has 0 bridgehead atoms. The van der Waals surface area contributed by atoms with Crippen LogP contribution in [0.4, 0.5) is 0 Å². The first-order valence-corrected chi connectivity index (χ1v) is 8.04. The first-order valence-electron chi connectivity index (χ1n) is 6.00. The molecule has 0 radical (unpaired) electrons. The molecule has 0 aliphatic carbocycles. The number of thioether (sulfide) groups is 1. The van der Waals surface area contributed by atoms with Gasteiger partial charge in [-0.15, -0.1) is 22.0 Å². The van der Waals surface area contributed by atoms with Gasteiger partial charge in [0.1, 0.15) is 10.0 Å². The van der Waals surface area contributed by atoms with E-state index >= 15 is 0 Å². The largest absolute Gasteiger partial charge is 0.383 e. The van der Waals surface area contributed by atoms with Crippen molar-refractivity contribution in [3.05, 3.63) is 29.3 Å². The smallest absolute Gasteiger partial charge is 0.147 e. The number of hydrogen-bond acceptors (Lipinski definition) is 6. The maximum atomic E-state index is 4.98. The fraction of sp³-hybridized carbons (Fsp3) is 0.385. The van der Waals surface area contributed by atoms with E-state index in [4.69, 9.17) is 4.74 Å². The molecule has 0 spiro atoms. The lowest BCUT2D eigenvalue weighted by Gasteiger charge is -1.99. The minimum absolute atomic E-state index is 0.710. The lowest BCUT2D eigenvalue weighted by molar-refractivity contribution is 0.199. The molecule has 4 nitrogen and oxygen atoms in total. The van der Waals surface area contributed by atoms with Gasteiger partial charge in [0.15, 0.2) is 0 Å². The Morgan fingerprint density at radius 2 is 2.05 bits per heavy atom. The van der Waals surface area contributed by atoms with Crippen molar-refractivity contribution >= 4 is 23.1 Å². The first kappa shape index (κ1) is 14.5. The molecule has 2 rings (SSSR count). The predicted molar refractivity (Wildman–Crippen MR) is 80.7 cm³/mol. The third-order valence-electron chi connectivity index (χ3n) is 2.56. The van der Waals surface area contributed by atoms with Crippen LogP contribution in [0.5, 0.6) is 0 Å². The van der Waals surface area contributed by atoms with E-state index in [9.17, 15) is 0 Å². The number of rotatable bonds is 7. The minimum Gasteiger partial charge on any atom is -0.383 e. The number of nitrogens with zero attached hydrogens (tertiary/aromatic N) is 2. The first-order chi connectivity index (χ1) is 9.33. The molecule has 0 unspecified atom stereocenters. The number of ether oxygens (including phenoxy) is 1. The maximum absolute atomic E-state index is 4.98. The fourth-order valence-corrected chi connectivity index (χ4v) is 2.77. The predicted octanol–water partition coefficient (Wildman–Crippen LogP) is 2.66. The highest BCUT2D eigenvalue weighted by Crippen LogP contribution is 2.25. The Labute approximate surface area is 121 Å². The van der Waals surface area contributed by atoms with Crippen LogP contribution < -0.4 is 5.32 Å². The average molecular weight is 295 g/mol. The number of methoxy groups -OCH3 is 1. The van der Waals surface area contributed by atoms with E-state index in [2.05, 4.69) is 46.0 Å². The Morgan fingerprint density at radius 1 is 1.26 bits per heavy atom. The number of aromatic nitrogens is 2. The number of nitrogens with one attached hydrogen (secondary N) is 1. The van der Waals surface area contributed by atoms with Crippen LogP contribution in [0.25, 0.3) is 10.6 Å². The van der Waals surface area contributed by atoms with Gasteiger partial charge < -0.3 is 10.1 Å². The summed E-state index contributed by atoms with van der Waals surface area (Å²) in [7, 11) is 1.70. The van der Waals surface area contributed by atoms with Gasteiger partial charge in [0.25, 0.3) is 0 Å². The third-order valence-corrected chi connectivity index (χ3v) is 4.28. The van der Waals surface area contributed by atoms with Crippen molar-refractivity contribution in [2.45, 2.75) is 11.4 Å². The molecular formula is C13H17N3OS2. The van der Waals surface area contributed by atoms with Crippen LogP contribution in [-0.2, 0) is 11.3 Å². The van der Waals surface area contributed by atoms with Gasteiger partial charge >= 0.3 is 0 Å². The molecule has 0 fully saturated rings. The molecule has 1 heterocycles. The van der Waals surface area contributed by atoms with E-state index in [1.54, 1.807) is 30.2 Å². The van der Waals surface area contributed by atoms with E-state index in [0.29, 0.717) is 6.61 Å². The number of benzene rings is 1. The van der Waals surface area contributed by atoms with Crippen molar-refractivity contribution in [3.8, 4) is 10.6 Å². The van der Waals surface area contributed by atoms with Crippen molar-refractivity contribution < 1.29 is 4.74 Å². The molecule has 1 aromatic carbocycles. The quantitative estimate of drug-likeness (QED) is 0.628. The Balaban J connectivity index is 1.95. The van der Waals surface area contributed by atoms with Crippen LogP contribution in [0.2, 0.25) is 0 Å². The van der Waals surface area contributed by atoms with Crippen LogP contribution in [-0.4, -0.2) is 36.7 Å². The van der Waals surface area contributed by atoms with Gasteiger partial charge in [-0.1, -0.05) is 23.5 Å². The van der Waals surface area contributed by atoms with Gasteiger partial charge in [-0.3, -0.25) is 0 Å². The fourth-order valence-electron chi connectivity index (χ4n) is 1.54. The second-order valence-electron chi connectivity index (χ2n) is 3.90. The summed E-state index contributed by atoms with van der Waals surface area (Å²) in [6, 6.07) is 8.40. The normalized spacial score (nSPS) is 10.8. The molecule has 19 heavy (non-hydrogen) atoms. The van der Waals surface area contributed by atoms with E-state index in [1.807, 2.05) is 0 Å². The molecule has 0 saturated carbocycles. The van der Waals surface area contributed by atoms with Crippen LogP contribution in [0, 0.1) is 0 Å². The maximum Gasteiger partial charge on any atom is 0.147 e. The van der Waals surface area contributed by atoms with Crippen molar-refractivity contribution in [1.82, 2.24) is 15.5 Å². The minimum atomic E-state index is 0.710. The molecule has 1 N–H and O–H groups in total. The summed E-state index contributed by atoms with van der Waals surface area (Å²) < 4.78 is 4.98. The molecule has 0 amide bonds. The lowest BCUT2D eigenvalue weighted by atomic mass is 10.2. The summed E-state index contributed by atoms with van der Waals surface area (Å²) in [4.78, 5) is 1.26. The van der Waals surface area contributed by atoms with Crippen molar-refractivity contribution in [3.63, 3.8) is 0 Å². The molecular weight excluding hydrogens is 278 g/mol. The summed E-state index contributed by atoms with van der Waals surface area (Å²) in [5, 5.41) is 13.7. The highest BCUT2D eigenvalue weighted by molar-refractivity contribution is 7.98. The molecule has 0 saturated heterocycles. The van der Waals surface area contributed by atoms with Gasteiger partial charge in [-0.05, 0) is 18.4 Å². The van der Waals surface area contributed by atoms with Crippen LogP contribution in [0.1, 0.15) is 5.01 Å². The zero-order valence-electron chi connectivity index (χ0n) is 11.0. The van der Waals surface area contributed by atoms with E-state index in [-0.39, 0.29) is 0 Å². The summed E-state index contributed by atoms with van der Waals surface area (Å²) in [6.45, 7) is 2.28. The second-order valence-corrected chi connectivity index (χ2v) is 5.84. The monoisotopic (exact) mass is 295 g/mol. The third kappa shape index (κ3) is 4.28. The zero-order chi connectivity index (χ0) is 13.5. The van der Waals surface area contributed by atoms with E-state index < -0.39 is 0 Å². The highest BCUT2D eigenvalue weighted by Gasteiger charge is 2.06. The van der Waals surface area contributed by atoms with Gasteiger partial charge in [0.05, 0.1) is 6.61 Å². The van der Waals surface area contributed by atoms with Gasteiger partial charge in [0.2, 0.25) is 0 Å². The topological polar surface area (TPSA) is 47.0 Å². The SMILES string of the molecule is COCCNCc1nnc(-c2ccc(SC)cc2)s1. The van der Waals surface area contributed by atoms with Crippen molar-refractivity contribution in [2.75, 3.05) is 26.5 Å². The molecule has 102 valence electrons. The molecule has 2 aromatic rings. The Hall–Kier alpha value is -0.950. The summed E-state index contributed by atoms with van der Waals surface area (Å²) >= 11 is 3.36. The Kier molecular flexibility index (Phi) is 5.78. The summed E-state index contributed by atoms with van der Waals surface area (Å²) in [5.74, 6) is 0. The summed E-state index contributed by atoms with van der Waals surface area (Å²) in [5.41, 5.74) is 1.12. The number of hydrogen-bond donors (Lipinski definition) is 1. The van der Waals surface area contributed by atoms with Gasteiger partial charge in [0, 0.05) is 30.7 Å². The van der Waals surface area contributed by atoms with Gasteiger partial charge in [-0.25, -0.2) is 0 Å². The molecule has 6 heteroatoms. The Morgan fingerprint density at radius 3 is 2.74 bits per heavy atom. The summed E-state index contributed by atoms with van der Waals surface area (Å²) in [6.07, 6.45) is 2.07. The van der Waals surface area contributed by atoms with Crippen LogP contribution in [0.3, 0.4) is 0 Å². The van der Waals surface area contributed by atoms with Crippen molar-refractivity contribution in [2.24, 2.45) is 0 Å². The average Bonchev–Trinajstić information content (AvgIpc) is 2.92. The van der Waals surface area contributed by atoms with E-state index in [0.717, 1.165) is 28.7 Å². The molecule has 0 aliphatic rings. The Bertz CT molecular complexity index is 499. The standard InChI is InChI=1S/C13H17N3OS2/c1-17-8-7-14-9-12-15-16-13(19-12)10-3-5-11(18-2)6-4-10/h3-6,14H,7-9H2,1-2H3. The van der Waals surface area contributed by atoms with E-state index in [1.165, 1.54) is 4.90 Å². The van der Waals surface area contributed by atoms with Crippen LogP contribution >= 0.6 is 23.1 Å². The molecule has 1 aromatic heterocycles. The second kappa shape index (κ2) is 7.59. The molecule has 0 aliphatic heterocycles. The lowest BCUT2D eigenvalue weighted by Crippen LogP contribution is -2.18.